The summed E-state index contributed by atoms with van der Waals surface area (Å²) >= 11 is 0. The average molecular weight is 278 g/mol. The predicted molar refractivity (Wildman–Crippen MR) is 82.1 cm³/mol. The molecule has 20 heavy (non-hydrogen) atoms. The van der Waals surface area contributed by atoms with E-state index in [1.807, 2.05) is 12.1 Å². The average Bonchev–Trinajstić information content (AvgIpc) is 2.44. The van der Waals surface area contributed by atoms with Crippen molar-refractivity contribution in [2.75, 3.05) is 19.6 Å². The predicted octanol–water partition coefficient (Wildman–Crippen LogP) is 3.06. The Kier molecular flexibility index (Phi) is 4.82. The van der Waals surface area contributed by atoms with Crippen molar-refractivity contribution in [1.82, 2.24) is 4.90 Å². The van der Waals surface area contributed by atoms with Gasteiger partial charge in [-0.2, -0.15) is 0 Å². The summed E-state index contributed by atoms with van der Waals surface area (Å²) in [5, 5.41) is 0. The van der Waals surface area contributed by atoms with Crippen LogP contribution in [0.3, 0.4) is 0 Å². The Morgan fingerprint density at radius 3 is 2.60 bits per heavy atom. The zero-order valence-corrected chi connectivity index (χ0v) is 12.9. The van der Waals surface area contributed by atoms with Gasteiger partial charge in [-0.15, -0.1) is 0 Å². The number of benzene rings is 1. The van der Waals surface area contributed by atoms with Crippen molar-refractivity contribution in [2.45, 2.75) is 39.2 Å². The van der Waals surface area contributed by atoms with Crippen LogP contribution in [-0.4, -0.2) is 30.1 Å². The van der Waals surface area contributed by atoms with E-state index in [2.05, 4.69) is 25.7 Å². The fourth-order valence-corrected chi connectivity index (χ4v) is 3.12. The van der Waals surface area contributed by atoms with E-state index >= 15 is 0 Å². The highest BCUT2D eigenvalue weighted by atomic mass is 19.1. The van der Waals surface area contributed by atoms with Crippen LogP contribution in [0.15, 0.2) is 24.3 Å². The summed E-state index contributed by atoms with van der Waals surface area (Å²) in [6, 6.07) is 7.05. The number of rotatable bonds is 4. The Labute approximate surface area is 122 Å². The molecule has 0 radical (unpaired) electrons. The van der Waals surface area contributed by atoms with Gasteiger partial charge in [-0.3, -0.25) is 4.90 Å². The molecular weight excluding hydrogens is 251 g/mol. The lowest BCUT2D eigenvalue weighted by atomic mass is 9.83. The van der Waals surface area contributed by atoms with Gasteiger partial charge < -0.3 is 5.73 Å². The Hall–Kier alpha value is -0.930. The van der Waals surface area contributed by atoms with Crippen LogP contribution in [0, 0.1) is 17.7 Å². The largest absolute Gasteiger partial charge is 0.329 e. The highest BCUT2D eigenvalue weighted by molar-refractivity contribution is 5.20. The number of nitrogens with two attached hydrogens (primary N) is 1. The molecule has 1 aromatic rings. The molecule has 1 saturated heterocycles. The van der Waals surface area contributed by atoms with E-state index in [-0.39, 0.29) is 11.4 Å². The van der Waals surface area contributed by atoms with Gasteiger partial charge in [0.1, 0.15) is 5.82 Å². The molecule has 2 N–H and O–H groups in total. The first-order valence-corrected chi connectivity index (χ1v) is 7.65. The van der Waals surface area contributed by atoms with Gasteiger partial charge in [0.05, 0.1) is 0 Å². The first-order valence-electron chi connectivity index (χ1n) is 7.65. The van der Waals surface area contributed by atoms with Crippen LogP contribution >= 0.6 is 0 Å². The number of halogens is 1. The lowest BCUT2D eigenvalue weighted by Gasteiger charge is -2.46. The molecule has 3 unspecified atom stereocenters. The van der Waals surface area contributed by atoms with Crippen molar-refractivity contribution in [3.8, 4) is 0 Å². The lowest BCUT2D eigenvalue weighted by molar-refractivity contribution is 0.0412. The second kappa shape index (κ2) is 6.23. The summed E-state index contributed by atoms with van der Waals surface area (Å²) in [4.78, 5) is 2.46. The SMILES string of the molecule is CC1CCN(C(C)(CN)Cc2ccccc2F)CC1C. The van der Waals surface area contributed by atoms with Gasteiger partial charge in [0.25, 0.3) is 0 Å². The molecule has 0 bridgehead atoms. The van der Waals surface area contributed by atoms with Crippen molar-refractivity contribution < 1.29 is 4.39 Å². The maximum absolute atomic E-state index is 13.9. The van der Waals surface area contributed by atoms with Crippen LogP contribution in [0.4, 0.5) is 4.39 Å². The van der Waals surface area contributed by atoms with Gasteiger partial charge in [-0.1, -0.05) is 32.0 Å². The van der Waals surface area contributed by atoms with E-state index in [0.29, 0.717) is 18.9 Å². The Morgan fingerprint density at radius 1 is 1.30 bits per heavy atom. The van der Waals surface area contributed by atoms with Gasteiger partial charge in [0.2, 0.25) is 0 Å². The number of nitrogens with zero attached hydrogens (tertiary/aromatic N) is 1. The summed E-state index contributed by atoms with van der Waals surface area (Å²) in [6.45, 7) is 9.47. The normalized spacial score (nSPS) is 27.2. The maximum atomic E-state index is 13.9. The lowest BCUT2D eigenvalue weighted by Crippen LogP contribution is -2.57. The van der Waals surface area contributed by atoms with Crippen molar-refractivity contribution in [3.05, 3.63) is 35.6 Å². The molecule has 1 aliphatic rings. The fraction of sp³-hybridized carbons (Fsp3) is 0.647. The van der Waals surface area contributed by atoms with Crippen molar-refractivity contribution in [2.24, 2.45) is 17.6 Å². The summed E-state index contributed by atoms with van der Waals surface area (Å²) < 4.78 is 13.9. The molecule has 2 nitrogen and oxygen atoms in total. The highest BCUT2D eigenvalue weighted by Crippen LogP contribution is 2.30. The monoisotopic (exact) mass is 278 g/mol. The molecule has 0 saturated carbocycles. The van der Waals surface area contributed by atoms with Gasteiger partial charge in [0, 0.05) is 18.6 Å². The van der Waals surface area contributed by atoms with E-state index in [0.717, 1.165) is 24.6 Å². The minimum Gasteiger partial charge on any atom is -0.329 e. The number of hydrogen-bond donors (Lipinski definition) is 1. The topological polar surface area (TPSA) is 29.3 Å². The summed E-state index contributed by atoms with van der Waals surface area (Å²) in [6.07, 6.45) is 1.88. The van der Waals surface area contributed by atoms with E-state index in [9.17, 15) is 4.39 Å². The van der Waals surface area contributed by atoms with Crippen molar-refractivity contribution >= 4 is 0 Å². The Bertz CT molecular complexity index is 448. The standard InChI is InChI=1S/C17H27FN2/c1-13-8-9-20(11-14(13)2)17(3,12-19)10-15-6-4-5-7-16(15)18/h4-7,13-14H,8-12,19H2,1-3H3. The van der Waals surface area contributed by atoms with Crippen LogP contribution in [0.25, 0.3) is 0 Å². The molecule has 1 aromatic carbocycles. The van der Waals surface area contributed by atoms with Crippen LogP contribution in [0.1, 0.15) is 32.8 Å². The van der Waals surface area contributed by atoms with Gasteiger partial charge in [-0.25, -0.2) is 4.39 Å². The summed E-state index contributed by atoms with van der Waals surface area (Å²) in [5.41, 5.74) is 6.67. The second-order valence-corrected chi connectivity index (χ2v) is 6.66. The minimum atomic E-state index is -0.156. The van der Waals surface area contributed by atoms with Crippen molar-refractivity contribution in [1.29, 1.82) is 0 Å². The molecule has 0 aromatic heterocycles. The Morgan fingerprint density at radius 2 is 2.00 bits per heavy atom. The number of piperidine rings is 1. The van der Waals surface area contributed by atoms with Crippen LogP contribution in [0.2, 0.25) is 0 Å². The van der Waals surface area contributed by atoms with Crippen LogP contribution < -0.4 is 5.73 Å². The van der Waals surface area contributed by atoms with Crippen molar-refractivity contribution in [3.63, 3.8) is 0 Å². The molecular formula is C17H27FN2. The van der Waals surface area contributed by atoms with Gasteiger partial charge >= 0.3 is 0 Å². The number of hydrogen-bond acceptors (Lipinski definition) is 2. The molecule has 1 aliphatic heterocycles. The highest BCUT2D eigenvalue weighted by Gasteiger charge is 2.35. The van der Waals surface area contributed by atoms with Gasteiger partial charge in [0.15, 0.2) is 0 Å². The summed E-state index contributed by atoms with van der Waals surface area (Å²) in [7, 11) is 0. The molecule has 3 heteroatoms. The quantitative estimate of drug-likeness (QED) is 0.917. The third-order valence-corrected chi connectivity index (χ3v) is 5.07. The first-order chi connectivity index (χ1) is 9.46. The molecule has 1 heterocycles. The zero-order chi connectivity index (χ0) is 14.8. The smallest absolute Gasteiger partial charge is 0.126 e. The van der Waals surface area contributed by atoms with E-state index in [1.54, 1.807) is 6.07 Å². The minimum absolute atomic E-state index is 0.120. The van der Waals surface area contributed by atoms with E-state index in [1.165, 1.54) is 12.5 Å². The Balaban J connectivity index is 2.15. The first kappa shape index (κ1) is 15.5. The molecule has 0 amide bonds. The molecule has 2 rings (SSSR count). The molecule has 1 fully saturated rings. The number of likely N-dealkylation sites (tertiary alicyclic amines) is 1. The fourth-order valence-electron chi connectivity index (χ4n) is 3.12. The second-order valence-electron chi connectivity index (χ2n) is 6.66. The zero-order valence-electron chi connectivity index (χ0n) is 12.9. The van der Waals surface area contributed by atoms with E-state index in [4.69, 9.17) is 5.73 Å². The molecule has 0 spiro atoms. The van der Waals surface area contributed by atoms with Crippen LogP contribution in [0.5, 0.6) is 0 Å². The third kappa shape index (κ3) is 3.21. The maximum Gasteiger partial charge on any atom is 0.126 e. The third-order valence-electron chi connectivity index (χ3n) is 5.07. The van der Waals surface area contributed by atoms with Crippen LogP contribution in [-0.2, 0) is 6.42 Å². The molecule has 112 valence electrons. The van der Waals surface area contributed by atoms with E-state index < -0.39 is 0 Å². The summed E-state index contributed by atoms with van der Waals surface area (Å²) in [5.74, 6) is 1.32. The molecule has 3 atom stereocenters. The van der Waals surface area contributed by atoms with Gasteiger partial charge in [-0.05, 0) is 49.8 Å². The molecule has 0 aliphatic carbocycles.